The molecule has 2 heterocycles. The molecule has 4 nitrogen and oxygen atoms in total. The molecule has 21 heavy (non-hydrogen) atoms. The summed E-state index contributed by atoms with van der Waals surface area (Å²) in [5, 5.41) is 0. The Kier molecular flexibility index (Phi) is 3.49. The smallest absolute Gasteiger partial charge is 0.277 e. The Morgan fingerprint density at radius 3 is 2.19 bits per heavy atom. The second-order valence-electron chi connectivity index (χ2n) is 5.45. The third-order valence-corrected chi connectivity index (χ3v) is 4.07. The summed E-state index contributed by atoms with van der Waals surface area (Å²) in [5.41, 5.74) is 1.46. The van der Waals surface area contributed by atoms with Crippen LogP contribution in [0.3, 0.4) is 0 Å². The van der Waals surface area contributed by atoms with Gasteiger partial charge in [0.2, 0.25) is 0 Å². The van der Waals surface area contributed by atoms with Crippen molar-refractivity contribution in [2.75, 3.05) is 20.1 Å². The quantitative estimate of drug-likeness (QED) is 0.782. The fourth-order valence-electron chi connectivity index (χ4n) is 2.91. The largest absolute Gasteiger partial charge is 0.366 e. The molecule has 2 amide bonds. The van der Waals surface area contributed by atoms with Gasteiger partial charge in [-0.2, -0.15) is 0 Å². The van der Waals surface area contributed by atoms with Gasteiger partial charge in [-0.15, -0.1) is 0 Å². The second kappa shape index (κ2) is 5.31. The van der Waals surface area contributed by atoms with Gasteiger partial charge in [-0.1, -0.05) is 12.1 Å². The highest BCUT2D eigenvalue weighted by atomic mass is 19.1. The van der Waals surface area contributed by atoms with E-state index in [9.17, 15) is 14.0 Å². The third-order valence-electron chi connectivity index (χ3n) is 4.07. The standard InChI is InChI=1S/C16H17FN2O2/c1-18-15(20)13(11-5-7-12(17)8-6-11)14(16(18)21)19-9-3-2-4-10-19/h5-8H,2-4,9-10H2,1H3. The Bertz CT molecular complexity index is 616. The molecule has 110 valence electrons. The van der Waals surface area contributed by atoms with Crippen LogP contribution in [0.15, 0.2) is 30.0 Å². The van der Waals surface area contributed by atoms with Crippen molar-refractivity contribution in [3.8, 4) is 0 Å². The summed E-state index contributed by atoms with van der Waals surface area (Å²) in [6, 6.07) is 5.73. The van der Waals surface area contributed by atoms with Crippen LogP contribution in [0.25, 0.3) is 5.57 Å². The molecule has 0 saturated carbocycles. The number of carbonyl (C=O) groups excluding carboxylic acids is 2. The number of imide groups is 1. The number of halogens is 1. The number of hydrogen-bond donors (Lipinski definition) is 0. The van der Waals surface area contributed by atoms with Crippen LogP contribution in [0.5, 0.6) is 0 Å². The van der Waals surface area contributed by atoms with E-state index in [1.54, 1.807) is 12.1 Å². The number of piperidine rings is 1. The van der Waals surface area contributed by atoms with Crippen LogP contribution < -0.4 is 0 Å². The van der Waals surface area contributed by atoms with Crippen LogP contribution >= 0.6 is 0 Å². The maximum atomic E-state index is 13.1. The maximum absolute atomic E-state index is 13.1. The zero-order valence-corrected chi connectivity index (χ0v) is 11.9. The van der Waals surface area contributed by atoms with Gasteiger partial charge in [0, 0.05) is 20.1 Å². The zero-order valence-electron chi connectivity index (χ0n) is 11.9. The minimum Gasteiger partial charge on any atom is -0.366 e. The van der Waals surface area contributed by atoms with E-state index in [4.69, 9.17) is 0 Å². The van der Waals surface area contributed by atoms with Crippen LogP contribution in [0.4, 0.5) is 4.39 Å². The highest BCUT2D eigenvalue weighted by Gasteiger charge is 2.39. The number of benzene rings is 1. The van der Waals surface area contributed by atoms with E-state index in [2.05, 4.69) is 0 Å². The van der Waals surface area contributed by atoms with Gasteiger partial charge in [0.15, 0.2) is 0 Å². The molecule has 2 aliphatic heterocycles. The Morgan fingerprint density at radius 1 is 0.952 bits per heavy atom. The number of likely N-dealkylation sites (N-methyl/N-ethyl adjacent to an activating group) is 1. The van der Waals surface area contributed by atoms with Crippen molar-refractivity contribution >= 4 is 17.4 Å². The highest BCUT2D eigenvalue weighted by Crippen LogP contribution is 2.32. The minimum atomic E-state index is -0.357. The van der Waals surface area contributed by atoms with Gasteiger partial charge in [-0.25, -0.2) is 4.39 Å². The molecule has 2 aliphatic rings. The molecule has 1 fully saturated rings. The van der Waals surface area contributed by atoms with Gasteiger partial charge >= 0.3 is 0 Å². The minimum absolute atomic E-state index is 0.263. The van der Waals surface area contributed by atoms with Crippen LogP contribution in [0.1, 0.15) is 24.8 Å². The second-order valence-corrected chi connectivity index (χ2v) is 5.45. The summed E-state index contributed by atoms with van der Waals surface area (Å²) in [6.45, 7) is 1.57. The molecule has 0 unspecified atom stereocenters. The topological polar surface area (TPSA) is 40.6 Å². The van der Waals surface area contributed by atoms with Gasteiger partial charge in [-0.3, -0.25) is 14.5 Å². The monoisotopic (exact) mass is 288 g/mol. The van der Waals surface area contributed by atoms with Crippen LogP contribution in [0.2, 0.25) is 0 Å². The Hall–Kier alpha value is -2.17. The molecule has 0 atom stereocenters. The SMILES string of the molecule is CN1C(=O)C(c2ccc(F)cc2)=C(N2CCCCC2)C1=O. The molecule has 3 rings (SSSR count). The predicted octanol–water partition coefficient (Wildman–Crippen LogP) is 2.02. The predicted molar refractivity (Wildman–Crippen MR) is 76.5 cm³/mol. The fraction of sp³-hybridized carbons (Fsp3) is 0.375. The number of amides is 2. The molecule has 0 N–H and O–H groups in total. The Balaban J connectivity index is 2.09. The van der Waals surface area contributed by atoms with Crippen molar-refractivity contribution in [1.82, 2.24) is 9.80 Å². The first-order valence-corrected chi connectivity index (χ1v) is 7.17. The molecule has 1 aromatic carbocycles. The summed E-state index contributed by atoms with van der Waals surface area (Å²) in [4.78, 5) is 27.9. The van der Waals surface area contributed by atoms with E-state index in [1.807, 2.05) is 4.90 Å². The number of rotatable bonds is 2. The van der Waals surface area contributed by atoms with Crippen LogP contribution in [-0.4, -0.2) is 41.8 Å². The van der Waals surface area contributed by atoms with Crippen molar-refractivity contribution in [3.63, 3.8) is 0 Å². The lowest BCUT2D eigenvalue weighted by Crippen LogP contribution is -2.35. The van der Waals surface area contributed by atoms with Gasteiger partial charge in [0.05, 0.1) is 5.57 Å². The first-order valence-electron chi connectivity index (χ1n) is 7.17. The average Bonchev–Trinajstić information content (AvgIpc) is 2.73. The molecule has 1 aromatic rings. The summed E-state index contributed by atoms with van der Waals surface area (Å²) in [5.74, 6) is -0.933. The summed E-state index contributed by atoms with van der Waals surface area (Å²) >= 11 is 0. The van der Waals surface area contributed by atoms with Gasteiger partial charge in [0.25, 0.3) is 11.8 Å². The van der Waals surface area contributed by atoms with E-state index in [-0.39, 0.29) is 17.6 Å². The first kappa shape index (κ1) is 13.8. The van der Waals surface area contributed by atoms with E-state index in [0.717, 1.165) is 37.3 Å². The van der Waals surface area contributed by atoms with Crippen molar-refractivity contribution in [2.45, 2.75) is 19.3 Å². The first-order chi connectivity index (χ1) is 10.1. The molecule has 5 heteroatoms. The molecule has 0 spiro atoms. The van der Waals surface area contributed by atoms with Crippen molar-refractivity contribution in [1.29, 1.82) is 0 Å². The van der Waals surface area contributed by atoms with Crippen LogP contribution in [-0.2, 0) is 9.59 Å². The number of hydrogen-bond acceptors (Lipinski definition) is 3. The van der Waals surface area contributed by atoms with Crippen molar-refractivity contribution in [2.24, 2.45) is 0 Å². The van der Waals surface area contributed by atoms with E-state index < -0.39 is 0 Å². The molecule has 0 bridgehead atoms. The fourth-order valence-corrected chi connectivity index (χ4v) is 2.91. The van der Waals surface area contributed by atoms with Crippen molar-refractivity contribution in [3.05, 3.63) is 41.3 Å². The number of likely N-dealkylation sites (tertiary alicyclic amines) is 1. The Morgan fingerprint density at radius 2 is 1.57 bits per heavy atom. The number of nitrogens with zero attached hydrogens (tertiary/aromatic N) is 2. The van der Waals surface area contributed by atoms with E-state index >= 15 is 0 Å². The van der Waals surface area contributed by atoms with E-state index in [0.29, 0.717) is 16.8 Å². The highest BCUT2D eigenvalue weighted by molar-refractivity contribution is 6.35. The molecular formula is C16H17FN2O2. The van der Waals surface area contributed by atoms with Gasteiger partial charge in [0.1, 0.15) is 11.5 Å². The maximum Gasteiger partial charge on any atom is 0.277 e. The lowest BCUT2D eigenvalue weighted by Gasteiger charge is -2.29. The third kappa shape index (κ3) is 2.33. The average molecular weight is 288 g/mol. The lowest BCUT2D eigenvalue weighted by atomic mass is 10.0. The van der Waals surface area contributed by atoms with Gasteiger partial charge in [-0.05, 0) is 37.0 Å². The summed E-state index contributed by atoms with van der Waals surface area (Å²) in [6.07, 6.45) is 3.18. The molecule has 0 radical (unpaired) electrons. The summed E-state index contributed by atoms with van der Waals surface area (Å²) < 4.78 is 13.1. The van der Waals surface area contributed by atoms with Crippen molar-refractivity contribution < 1.29 is 14.0 Å². The normalized spacial score (nSPS) is 19.7. The molecule has 0 aliphatic carbocycles. The van der Waals surface area contributed by atoms with Crippen LogP contribution in [0, 0.1) is 5.82 Å². The van der Waals surface area contributed by atoms with E-state index in [1.165, 1.54) is 19.2 Å². The summed E-state index contributed by atoms with van der Waals surface area (Å²) in [7, 11) is 1.49. The van der Waals surface area contributed by atoms with Gasteiger partial charge < -0.3 is 4.90 Å². The zero-order chi connectivity index (χ0) is 15.0. The lowest BCUT2D eigenvalue weighted by molar-refractivity contribution is -0.136. The Labute approximate surface area is 122 Å². The number of carbonyl (C=O) groups is 2. The molecule has 0 aromatic heterocycles. The molecular weight excluding hydrogens is 271 g/mol. The molecule has 1 saturated heterocycles.